The lowest BCUT2D eigenvalue weighted by Gasteiger charge is -2.23. The molecule has 74 valence electrons. The van der Waals surface area contributed by atoms with Crippen LogP contribution in [-0.4, -0.2) is 13.3 Å². The summed E-state index contributed by atoms with van der Waals surface area (Å²) in [4.78, 5) is 0. The Morgan fingerprint density at radius 3 is 2.93 bits per heavy atom. The van der Waals surface area contributed by atoms with Crippen molar-refractivity contribution in [2.45, 2.75) is 19.4 Å². The van der Waals surface area contributed by atoms with E-state index in [2.05, 4.69) is 24.4 Å². The minimum Gasteiger partial charge on any atom is -0.454 e. The van der Waals surface area contributed by atoms with Crippen molar-refractivity contribution in [3.63, 3.8) is 0 Å². The Kier molecular flexibility index (Phi) is 1.67. The Morgan fingerprint density at radius 1 is 1.29 bits per heavy atom. The van der Waals surface area contributed by atoms with Crippen LogP contribution in [0.1, 0.15) is 24.1 Å². The number of fused-ring (bicyclic) bond motifs is 2. The second-order valence-electron chi connectivity index (χ2n) is 3.83. The molecule has 1 aromatic rings. The molecule has 3 rings (SSSR count). The molecule has 0 amide bonds. The van der Waals surface area contributed by atoms with Gasteiger partial charge in [-0.15, -0.1) is 0 Å². The van der Waals surface area contributed by atoms with Crippen LogP contribution in [0.2, 0.25) is 0 Å². The van der Waals surface area contributed by atoms with E-state index in [-0.39, 0.29) is 0 Å². The Labute approximate surface area is 83.0 Å². The van der Waals surface area contributed by atoms with Crippen LogP contribution in [0.5, 0.6) is 11.5 Å². The van der Waals surface area contributed by atoms with E-state index >= 15 is 0 Å². The highest BCUT2D eigenvalue weighted by atomic mass is 16.7. The first-order valence-electron chi connectivity index (χ1n) is 5.00. The Hall–Kier alpha value is -1.22. The highest BCUT2D eigenvalue weighted by Gasteiger charge is 2.22. The van der Waals surface area contributed by atoms with Gasteiger partial charge < -0.3 is 14.8 Å². The van der Waals surface area contributed by atoms with E-state index in [0.29, 0.717) is 12.8 Å². The highest BCUT2D eigenvalue weighted by molar-refractivity contribution is 5.50. The van der Waals surface area contributed by atoms with Crippen molar-refractivity contribution in [2.24, 2.45) is 0 Å². The quantitative estimate of drug-likeness (QED) is 0.676. The second-order valence-corrected chi connectivity index (χ2v) is 3.83. The van der Waals surface area contributed by atoms with Crippen molar-refractivity contribution in [3.05, 3.63) is 23.3 Å². The summed E-state index contributed by atoms with van der Waals surface area (Å²) in [6.45, 7) is 3.59. The molecule has 0 fully saturated rings. The topological polar surface area (TPSA) is 30.5 Å². The molecule has 1 aromatic carbocycles. The second kappa shape index (κ2) is 2.89. The van der Waals surface area contributed by atoms with Gasteiger partial charge in [0.1, 0.15) is 0 Å². The predicted molar refractivity (Wildman–Crippen MR) is 52.7 cm³/mol. The van der Waals surface area contributed by atoms with Crippen molar-refractivity contribution >= 4 is 0 Å². The van der Waals surface area contributed by atoms with Crippen molar-refractivity contribution in [2.75, 3.05) is 13.3 Å². The zero-order chi connectivity index (χ0) is 9.54. The molecule has 2 aliphatic heterocycles. The molecule has 0 aromatic heterocycles. The number of benzene rings is 1. The molecule has 0 radical (unpaired) electrons. The fraction of sp³-hybridized carbons (Fsp3) is 0.455. The maximum Gasteiger partial charge on any atom is 0.231 e. The molecular formula is C11H13NO2. The van der Waals surface area contributed by atoms with Gasteiger partial charge in [-0.2, -0.15) is 0 Å². The Morgan fingerprint density at radius 2 is 2.07 bits per heavy atom. The number of ether oxygens (including phenoxy) is 2. The predicted octanol–water partition coefficient (Wildman–Crippen LogP) is 1.62. The normalized spacial score (nSPS) is 23.4. The third kappa shape index (κ3) is 1.09. The van der Waals surface area contributed by atoms with E-state index in [1.54, 1.807) is 0 Å². The first-order chi connectivity index (χ1) is 6.84. The van der Waals surface area contributed by atoms with Crippen LogP contribution in [0.15, 0.2) is 12.1 Å². The van der Waals surface area contributed by atoms with Crippen molar-refractivity contribution in [1.29, 1.82) is 0 Å². The summed E-state index contributed by atoms with van der Waals surface area (Å²) >= 11 is 0. The molecule has 3 heteroatoms. The molecule has 2 heterocycles. The van der Waals surface area contributed by atoms with Gasteiger partial charge in [-0.1, -0.05) is 0 Å². The van der Waals surface area contributed by atoms with Gasteiger partial charge in [0.2, 0.25) is 6.79 Å². The van der Waals surface area contributed by atoms with Crippen molar-refractivity contribution in [3.8, 4) is 11.5 Å². The lowest BCUT2D eigenvalue weighted by molar-refractivity contribution is 0.174. The molecule has 0 aliphatic carbocycles. The van der Waals surface area contributed by atoms with Gasteiger partial charge in [0.25, 0.3) is 0 Å². The molecule has 0 unspecified atom stereocenters. The molecule has 0 saturated heterocycles. The molecular weight excluding hydrogens is 178 g/mol. The van der Waals surface area contributed by atoms with Crippen LogP contribution in [0, 0.1) is 0 Å². The van der Waals surface area contributed by atoms with Crippen LogP contribution in [-0.2, 0) is 6.42 Å². The number of hydrogen-bond acceptors (Lipinski definition) is 3. The van der Waals surface area contributed by atoms with Gasteiger partial charge in [-0.25, -0.2) is 0 Å². The van der Waals surface area contributed by atoms with E-state index in [1.165, 1.54) is 11.1 Å². The molecule has 14 heavy (non-hydrogen) atoms. The third-order valence-corrected chi connectivity index (χ3v) is 2.95. The molecule has 2 aliphatic rings. The van der Waals surface area contributed by atoms with E-state index in [4.69, 9.17) is 9.47 Å². The van der Waals surface area contributed by atoms with Crippen LogP contribution in [0.3, 0.4) is 0 Å². The zero-order valence-corrected chi connectivity index (χ0v) is 8.17. The molecule has 1 N–H and O–H groups in total. The van der Waals surface area contributed by atoms with Crippen LogP contribution in [0.4, 0.5) is 0 Å². The lowest BCUT2D eigenvalue weighted by Crippen LogP contribution is -2.27. The molecule has 3 nitrogen and oxygen atoms in total. The summed E-state index contributed by atoms with van der Waals surface area (Å²) in [5.74, 6) is 1.79. The number of hydrogen-bond donors (Lipinski definition) is 1. The van der Waals surface area contributed by atoms with E-state index in [1.807, 2.05) is 0 Å². The standard InChI is InChI=1S/C11H13NO2/c1-7-9-5-11-10(13-6-14-11)4-8(9)2-3-12-7/h4-5,7,12H,2-3,6H2,1H3/t7-/m0/s1. The summed E-state index contributed by atoms with van der Waals surface area (Å²) < 4.78 is 10.7. The number of nitrogens with one attached hydrogen (secondary N) is 1. The van der Waals surface area contributed by atoms with Crippen molar-refractivity contribution < 1.29 is 9.47 Å². The molecule has 0 saturated carbocycles. The smallest absolute Gasteiger partial charge is 0.231 e. The lowest BCUT2D eigenvalue weighted by atomic mass is 9.95. The Bertz CT molecular complexity index is 376. The van der Waals surface area contributed by atoms with Gasteiger partial charge in [-0.3, -0.25) is 0 Å². The van der Waals surface area contributed by atoms with Gasteiger partial charge in [-0.05, 0) is 43.1 Å². The maximum atomic E-state index is 5.36. The van der Waals surface area contributed by atoms with E-state index < -0.39 is 0 Å². The van der Waals surface area contributed by atoms with Crippen LogP contribution in [0.25, 0.3) is 0 Å². The summed E-state index contributed by atoms with van der Waals surface area (Å²) in [5, 5.41) is 3.43. The SMILES string of the molecule is C[C@@H]1NCCc2cc3c(cc21)OCO3. The first-order valence-corrected chi connectivity index (χ1v) is 5.00. The first kappa shape index (κ1) is 8.12. The maximum absolute atomic E-state index is 5.36. The van der Waals surface area contributed by atoms with E-state index in [0.717, 1.165) is 24.5 Å². The summed E-state index contributed by atoms with van der Waals surface area (Å²) in [5.41, 5.74) is 2.74. The largest absolute Gasteiger partial charge is 0.454 e. The van der Waals surface area contributed by atoms with Gasteiger partial charge in [0.15, 0.2) is 11.5 Å². The summed E-state index contributed by atoms with van der Waals surface area (Å²) in [7, 11) is 0. The fourth-order valence-electron chi connectivity index (χ4n) is 2.15. The summed E-state index contributed by atoms with van der Waals surface area (Å²) in [6, 6.07) is 4.65. The minimum absolute atomic E-state index is 0.361. The molecule has 0 spiro atoms. The zero-order valence-electron chi connectivity index (χ0n) is 8.17. The minimum atomic E-state index is 0.361. The van der Waals surface area contributed by atoms with Crippen LogP contribution >= 0.6 is 0 Å². The van der Waals surface area contributed by atoms with Crippen molar-refractivity contribution in [1.82, 2.24) is 5.32 Å². The van der Waals surface area contributed by atoms with Crippen LogP contribution < -0.4 is 14.8 Å². The van der Waals surface area contributed by atoms with E-state index in [9.17, 15) is 0 Å². The van der Waals surface area contributed by atoms with Gasteiger partial charge >= 0.3 is 0 Å². The van der Waals surface area contributed by atoms with Gasteiger partial charge in [0.05, 0.1) is 0 Å². The average Bonchev–Trinajstić information content (AvgIpc) is 2.62. The highest BCUT2D eigenvalue weighted by Crippen LogP contribution is 2.37. The third-order valence-electron chi connectivity index (χ3n) is 2.95. The molecule has 1 atom stereocenters. The number of rotatable bonds is 0. The molecule has 0 bridgehead atoms. The average molecular weight is 191 g/mol. The fourth-order valence-corrected chi connectivity index (χ4v) is 2.15. The summed E-state index contributed by atoms with van der Waals surface area (Å²) in [6.07, 6.45) is 1.08. The van der Waals surface area contributed by atoms with Gasteiger partial charge in [0, 0.05) is 6.04 Å². The Balaban J connectivity index is 2.12. The monoisotopic (exact) mass is 191 g/mol.